The van der Waals surface area contributed by atoms with E-state index in [4.69, 9.17) is 10.9 Å². The summed E-state index contributed by atoms with van der Waals surface area (Å²) in [5, 5.41) is 8.36. The number of hydroxylamine groups is 1. The average Bonchev–Trinajstić information content (AvgIpc) is 2.95. The summed E-state index contributed by atoms with van der Waals surface area (Å²) in [7, 11) is 0. The van der Waals surface area contributed by atoms with Crippen LogP contribution in [0.3, 0.4) is 0 Å². The number of guanidine groups is 1. The van der Waals surface area contributed by atoms with Gasteiger partial charge in [-0.2, -0.15) is 0 Å². The summed E-state index contributed by atoms with van der Waals surface area (Å²) >= 11 is 0. The molecular weight excluding hydrogens is 168 g/mol. The molecule has 5 heteroatoms. The number of aliphatic imine (C=N–C) groups is 1. The number of nitrogens with one attached hydrogen (secondary N) is 1. The molecule has 0 heterocycles. The molecule has 0 aromatic heterocycles. The van der Waals surface area contributed by atoms with Crippen LogP contribution in [0.5, 0.6) is 0 Å². The normalized spacial score (nSPS) is 17.9. The van der Waals surface area contributed by atoms with Crippen molar-refractivity contribution in [2.24, 2.45) is 10.7 Å². The van der Waals surface area contributed by atoms with Crippen molar-refractivity contribution >= 4 is 5.96 Å². The molecule has 13 heavy (non-hydrogen) atoms. The Balaban J connectivity index is 2.15. The molecule has 0 radical (unpaired) electrons. The van der Waals surface area contributed by atoms with Crippen LogP contribution < -0.4 is 11.2 Å². The van der Waals surface area contributed by atoms with E-state index < -0.39 is 0 Å². The fraction of sp³-hybridized carbons (Fsp3) is 0.875. The van der Waals surface area contributed by atoms with Crippen molar-refractivity contribution in [1.29, 1.82) is 0 Å². The lowest BCUT2D eigenvalue weighted by Gasteiger charge is -2.18. The van der Waals surface area contributed by atoms with Crippen molar-refractivity contribution in [3.05, 3.63) is 0 Å². The van der Waals surface area contributed by atoms with E-state index in [1.165, 1.54) is 12.8 Å². The van der Waals surface area contributed by atoms with Crippen LogP contribution in [-0.4, -0.2) is 41.7 Å². The van der Waals surface area contributed by atoms with Gasteiger partial charge < -0.3 is 5.73 Å². The molecule has 0 aliphatic heterocycles. The molecular formula is C8H18N4O. The Morgan fingerprint density at radius 2 is 2.38 bits per heavy atom. The zero-order valence-electron chi connectivity index (χ0n) is 8.03. The summed E-state index contributed by atoms with van der Waals surface area (Å²) < 4.78 is 0. The molecule has 4 N–H and O–H groups in total. The standard InChI is InChI=1S/C8H18N4O/c1-2-12(7-3-4-7)6-5-10-8(9)11-13/h7,13H,2-6H2,1H3,(H3,9,10,11). The van der Waals surface area contributed by atoms with E-state index in [9.17, 15) is 0 Å². The number of nitrogens with two attached hydrogens (primary N) is 1. The third kappa shape index (κ3) is 3.61. The van der Waals surface area contributed by atoms with Gasteiger partial charge in [0.05, 0.1) is 6.54 Å². The van der Waals surface area contributed by atoms with Crippen molar-refractivity contribution in [2.75, 3.05) is 19.6 Å². The first kappa shape index (κ1) is 10.3. The van der Waals surface area contributed by atoms with E-state index in [-0.39, 0.29) is 5.96 Å². The molecule has 0 saturated heterocycles. The highest BCUT2D eigenvalue weighted by Gasteiger charge is 2.26. The predicted molar refractivity (Wildman–Crippen MR) is 51.7 cm³/mol. The molecule has 0 amide bonds. The molecule has 0 spiro atoms. The zero-order valence-corrected chi connectivity index (χ0v) is 8.03. The molecule has 1 rings (SSSR count). The van der Waals surface area contributed by atoms with Crippen LogP contribution in [0.15, 0.2) is 4.99 Å². The third-order valence-corrected chi connectivity index (χ3v) is 2.25. The highest BCUT2D eigenvalue weighted by atomic mass is 16.5. The first-order valence-corrected chi connectivity index (χ1v) is 4.72. The second kappa shape index (κ2) is 5.04. The van der Waals surface area contributed by atoms with Crippen LogP contribution in [0.1, 0.15) is 19.8 Å². The molecule has 0 aromatic carbocycles. The van der Waals surface area contributed by atoms with Gasteiger partial charge in [-0.05, 0) is 19.4 Å². The predicted octanol–water partition coefficient (Wildman–Crippen LogP) is -0.236. The minimum absolute atomic E-state index is 0.0897. The van der Waals surface area contributed by atoms with Gasteiger partial charge in [-0.1, -0.05) is 6.92 Å². The second-order valence-corrected chi connectivity index (χ2v) is 3.24. The van der Waals surface area contributed by atoms with Gasteiger partial charge in [0.1, 0.15) is 0 Å². The van der Waals surface area contributed by atoms with Crippen molar-refractivity contribution in [2.45, 2.75) is 25.8 Å². The second-order valence-electron chi connectivity index (χ2n) is 3.24. The molecule has 0 atom stereocenters. The largest absolute Gasteiger partial charge is 0.368 e. The average molecular weight is 186 g/mol. The van der Waals surface area contributed by atoms with Gasteiger partial charge in [-0.3, -0.25) is 15.1 Å². The first-order valence-electron chi connectivity index (χ1n) is 4.72. The third-order valence-electron chi connectivity index (χ3n) is 2.25. The lowest BCUT2D eigenvalue weighted by Crippen LogP contribution is -2.32. The topological polar surface area (TPSA) is 73.9 Å². The highest BCUT2D eigenvalue weighted by Crippen LogP contribution is 2.25. The van der Waals surface area contributed by atoms with E-state index >= 15 is 0 Å². The van der Waals surface area contributed by atoms with Gasteiger partial charge in [0.15, 0.2) is 0 Å². The number of hydrogen-bond donors (Lipinski definition) is 3. The van der Waals surface area contributed by atoms with Gasteiger partial charge in [0, 0.05) is 12.6 Å². The van der Waals surface area contributed by atoms with Crippen LogP contribution >= 0.6 is 0 Å². The molecule has 0 bridgehead atoms. The van der Waals surface area contributed by atoms with Gasteiger partial charge in [-0.25, -0.2) is 5.48 Å². The number of hydrogen-bond acceptors (Lipinski definition) is 3. The van der Waals surface area contributed by atoms with E-state index in [1.807, 2.05) is 5.48 Å². The number of rotatable bonds is 5. The van der Waals surface area contributed by atoms with Gasteiger partial charge >= 0.3 is 0 Å². The molecule has 5 nitrogen and oxygen atoms in total. The van der Waals surface area contributed by atoms with E-state index in [1.54, 1.807) is 0 Å². The Morgan fingerprint density at radius 3 is 2.85 bits per heavy atom. The molecule has 1 saturated carbocycles. The van der Waals surface area contributed by atoms with Crippen LogP contribution in [0.25, 0.3) is 0 Å². The summed E-state index contributed by atoms with van der Waals surface area (Å²) in [6.07, 6.45) is 2.62. The molecule has 0 aromatic rings. The molecule has 1 fully saturated rings. The minimum atomic E-state index is 0.0897. The van der Waals surface area contributed by atoms with Crippen LogP contribution in [0.4, 0.5) is 0 Å². The zero-order chi connectivity index (χ0) is 9.68. The smallest absolute Gasteiger partial charge is 0.212 e. The SMILES string of the molecule is CCN(CCN=C(N)NO)C1CC1. The van der Waals surface area contributed by atoms with Gasteiger partial charge in [0.25, 0.3) is 0 Å². The van der Waals surface area contributed by atoms with Crippen molar-refractivity contribution < 1.29 is 5.21 Å². The maximum atomic E-state index is 8.36. The monoisotopic (exact) mass is 186 g/mol. The molecule has 1 aliphatic carbocycles. The Hall–Kier alpha value is -0.810. The maximum Gasteiger partial charge on any atom is 0.212 e. The Bertz CT molecular complexity index is 179. The van der Waals surface area contributed by atoms with Crippen molar-refractivity contribution in [3.63, 3.8) is 0 Å². The van der Waals surface area contributed by atoms with Crippen LogP contribution in [-0.2, 0) is 0 Å². The maximum absolute atomic E-state index is 8.36. The lowest BCUT2D eigenvalue weighted by molar-refractivity contribution is 0.232. The summed E-state index contributed by atoms with van der Waals surface area (Å²) in [4.78, 5) is 6.32. The van der Waals surface area contributed by atoms with Crippen molar-refractivity contribution in [3.8, 4) is 0 Å². The summed E-state index contributed by atoms with van der Waals surface area (Å²) in [5.41, 5.74) is 7.07. The Labute approximate surface area is 78.6 Å². The van der Waals surface area contributed by atoms with E-state index in [0.29, 0.717) is 6.54 Å². The fourth-order valence-corrected chi connectivity index (χ4v) is 1.37. The lowest BCUT2D eigenvalue weighted by atomic mass is 10.4. The fourth-order valence-electron chi connectivity index (χ4n) is 1.37. The number of nitrogens with zero attached hydrogens (tertiary/aromatic N) is 2. The van der Waals surface area contributed by atoms with Gasteiger partial charge in [0.2, 0.25) is 5.96 Å². The Morgan fingerprint density at radius 1 is 1.69 bits per heavy atom. The molecule has 1 aliphatic rings. The van der Waals surface area contributed by atoms with Gasteiger partial charge in [-0.15, -0.1) is 0 Å². The van der Waals surface area contributed by atoms with Crippen molar-refractivity contribution in [1.82, 2.24) is 10.4 Å². The number of likely N-dealkylation sites (N-methyl/N-ethyl adjacent to an activating group) is 1. The Kier molecular flexibility index (Phi) is 3.98. The summed E-state index contributed by atoms with van der Waals surface area (Å²) in [5.74, 6) is 0.0897. The highest BCUT2D eigenvalue weighted by molar-refractivity contribution is 5.76. The molecule has 76 valence electrons. The van der Waals surface area contributed by atoms with Crippen LogP contribution in [0.2, 0.25) is 0 Å². The van der Waals surface area contributed by atoms with E-state index in [0.717, 1.165) is 19.1 Å². The minimum Gasteiger partial charge on any atom is -0.368 e. The van der Waals surface area contributed by atoms with Crippen LogP contribution in [0, 0.1) is 0 Å². The first-order chi connectivity index (χ1) is 6.27. The summed E-state index contributed by atoms with van der Waals surface area (Å²) in [6, 6.07) is 0.767. The summed E-state index contributed by atoms with van der Waals surface area (Å²) in [6.45, 7) is 4.77. The molecule has 0 unspecified atom stereocenters. The van der Waals surface area contributed by atoms with E-state index in [2.05, 4.69) is 16.8 Å². The quantitative estimate of drug-likeness (QED) is 0.315.